The van der Waals surface area contributed by atoms with Crippen LogP contribution in [-0.4, -0.2) is 51.1 Å². The summed E-state index contributed by atoms with van der Waals surface area (Å²) in [6.45, 7) is 0.112. The molecule has 0 saturated carbocycles. The molecule has 0 unspecified atom stereocenters. The van der Waals surface area contributed by atoms with Crippen molar-refractivity contribution in [1.82, 2.24) is 10.2 Å². The molecule has 4 rings (SSSR count). The molecule has 0 spiro atoms. The molecule has 1 saturated heterocycles. The standard InChI is InChI=1S/C24H23IN2O5S/c1-31-24(26-19(28)12-16-8-4-2-5-9-16)22(30)27-20(18(13-25)15-33-23(24)27)21(29)32-14-17-10-6-3-7-11-17/h2-11,23H,12-15H2,1H3,(H,26,28)/t23-,24+/m1/s1. The van der Waals surface area contributed by atoms with Gasteiger partial charge in [0.05, 0.1) is 6.42 Å². The lowest BCUT2D eigenvalue weighted by atomic mass is 9.98. The van der Waals surface area contributed by atoms with Crippen LogP contribution in [0.4, 0.5) is 0 Å². The number of methoxy groups -OCH3 is 1. The first-order valence-corrected chi connectivity index (χ1v) is 12.9. The van der Waals surface area contributed by atoms with E-state index in [2.05, 4.69) is 27.9 Å². The highest BCUT2D eigenvalue weighted by atomic mass is 127. The van der Waals surface area contributed by atoms with Crippen molar-refractivity contribution in [2.45, 2.75) is 24.1 Å². The Bertz CT molecular complexity index is 1080. The molecule has 2 amide bonds. The van der Waals surface area contributed by atoms with Crippen molar-refractivity contribution in [3.63, 3.8) is 0 Å². The Morgan fingerprint density at radius 2 is 1.76 bits per heavy atom. The van der Waals surface area contributed by atoms with Gasteiger partial charge in [-0.1, -0.05) is 83.3 Å². The maximum Gasteiger partial charge on any atom is 0.355 e. The highest BCUT2D eigenvalue weighted by Gasteiger charge is 2.66. The van der Waals surface area contributed by atoms with Gasteiger partial charge >= 0.3 is 5.97 Å². The lowest BCUT2D eigenvalue weighted by Gasteiger charge is -2.56. The Kier molecular flexibility index (Phi) is 7.40. The van der Waals surface area contributed by atoms with Crippen molar-refractivity contribution in [2.24, 2.45) is 0 Å². The predicted molar refractivity (Wildman–Crippen MR) is 133 cm³/mol. The number of hydrogen-bond acceptors (Lipinski definition) is 6. The third-order valence-electron chi connectivity index (χ3n) is 5.53. The number of rotatable bonds is 8. The highest BCUT2D eigenvalue weighted by molar-refractivity contribution is 14.1. The molecule has 2 aliphatic rings. The second-order valence-corrected chi connectivity index (χ2v) is 9.47. The average molecular weight is 578 g/mol. The number of halogens is 1. The number of nitrogens with zero attached hydrogens (tertiary/aromatic N) is 1. The topological polar surface area (TPSA) is 84.9 Å². The van der Waals surface area contributed by atoms with E-state index >= 15 is 0 Å². The van der Waals surface area contributed by atoms with E-state index in [0.717, 1.165) is 16.7 Å². The van der Waals surface area contributed by atoms with Gasteiger partial charge in [0.2, 0.25) is 5.91 Å². The summed E-state index contributed by atoms with van der Waals surface area (Å²) in [7, 11) is 1.39. The fourth-order valence-electron chi connectivity index (χ4n) is 3.86. The maximum absolute atomic E-state index is 13.3. The number of β-lactam (4-membered cyclic amide) rings is 1. The van der Waals surface area contributed by atoms with E-state index in [4.69, 9.17) is 9.47 Å². The number of ether oxygens (including phenoxy) is 2. The fourth-order valence-corrected chi connectivity index (χ4v) is 6.29. The minimum Gasteiger partial charge on any atom is -0.456 e. The molecule has 7 nitrogen and oxygen atoms in total. The van der Waals surface area contributed by atoms with Crippen LogP contribution in [0.1, 0.15) is 11.1 Å². The Morgan fingerprint density at radius 3 is 2.36 bits per heavy atom. The second-order valence-electron chi connectivity index (χ2n) is 7.64. The van der Waals surface area contributed by atoms with Crippen molar-refractivity contribution in [1.29, 1.82) is 0 Å². The van der Waals surface area contributed by atoms with E-state index in [-0.39, 0.29) is 24.6 Å². The molecule has 0 aliphatic carbocycles. The van der Waals surface area contributed by atoms with Crippen LogP contribution in [0, 0.1) is 0 Å². The number of carbonyl (C=O) groups is 3. The molecule has 2 heterocycles. The number of alkyl halides is 1. The van der Waals surface area contributed by atoms with E-state index in [1.54, 1.807) is 0 Å². The summed E-state index contributed by atoms with van der Waals surface area (Å²) in [5.41, 5.74) is 1.25. The zero-order valence-corrected chi connectivity index (χ0v) is 20.9. The predicted octanol–water partition coefficient (Wildman–Crippen LogP) is 3.04. The Hall–Kier alpha value is -2.37. The Labute approximate surface area is 210 Å². The van der Waals surface area contributed by atoms with Gasteiger partial charge in [0.1, 0.15) is 17.7 Å². The van der Waals surface area contributed by atoms with Crippen molar-refractivity contribution in [2.75, 3.05) is 17.3 Å². The summed E-state index contributed by atoms with van der Waals surface area (Å²) >= 11 is 3.64. The zero-order valence-electron chi connectivity index (χ0n) is 18.0. The molecular formula is C24H23IN2O5S. The average Bonchev–Trinajstić information content (AvgIpc) is 2.85. The molecule has 0 radical (unpaired) electrons. The number of benzene rings is 2. The van der Waals surface area contributed by atoms with Crippen LogP contribution >= 0.6 is 34.4 Å². The number of hydrogen-bond donors (Lipinski definition) is 1. The zero-order chi connectivity index (χ0) is 23.4. The van der Waals surface area contributed by atoms with Gasteiger partial charge in [-0.25, -0.2) is 4.79 Å². The van der Waals surface area contributed by atoms with Gasteiger partial charge < -0.3 is 14.8 Å². The lowest BCUT2D eigenvalue weighted by molar-refractivity contribution is -0.193. The van der Waals surface area contributed by atoms with Gasteiger partial charge in [-0.15, -0.1) is 11.8 Å². The number of carbonyl (C=O) groups excluding carboxylic acids is 3. The van der Waals surface area contributed by atoms with Crippen LogP contribution < -0.4 is 5.32 Å². The third kappa shape index (κ3) is 4.67. The molecular weight excluding hydrogens is 555 g/mol. The SMILES string of the molecule is CO[C@@]1(NC(=O)Cc2ccccc2)C(=O)N2C(C(=O)OCc3ccccc3)=C(CI)CS[C@@H]21. The molecule has 2 atom stereocenters. The normalized spacial score (nSPS) is 21.8. The molecule has 172 valence electrons. The maximum atomic E-state index is 13.3. The third-order valence-corrected chi connectivity index (χ3v) is 7.83. The first-order valence-electron chi connectivity index (χ1n) is 10.3. The van der Waals surface area contributed by atoms with Crippen LogP contribution in [0.15, 0.2) is 71.9 Å². The summed E-state index contributed by atoms with van der Waals surface area (Å²) in [6, 6.07) is 18.6. The van der Waals surface area contributed by atoms with Crippen molar-refractivity contribution < 1.29 is 23.9 Å². The number of amides is 2. The molecule has 0 bridgehead atoms. The number of fused-ring (bicyclic) bond motifs is 1. The van der Waals surface area contributed by atoms with Crippen LogP contribution in [0.25, 0.3) is 0 Å². The highest BCUT2D eigenvalue weighted by Crippen LogP contribution is 2.47. The molecule has 0 aromatic heterocycles. The summed E-state index contributed by atoms with van der Waals surface area (Å²) < 4.78 is 11.7. The van der Waals surface area contributed by atoms with E-state index in [9.17, 15) is 14.4 Å². The van der Waals surface area contributed by atoms with Gasteiger partial charge in [-0.3, -0.25) is 14.5 Å². The summed E-state index contributed by atoms with van der Waals surface area (Å²) in [5, 5.41) is 2.22. The quantitative estimate of drug-likeness (QED) is 0.171. The van der Waals surface area contributed by atoms with Crippen molar-refractivity contribution >= 4 is 52.1 Å². The molecule has 1 N–H and O–H groups in total. The first kappa shape index (κ1) is 23.8. The minimum absolute atomic E-state index is 0.112. The summed E-state index contributed by atoms with van der Waals surface area (Å²) in [4.78, 5) is 40.5. The van der Waals surface area contributed by atoms with Gasteiger partial charge in [-0.2, -0.15) is 0 Å². The Balaban J connectivity index is 1.51. The second kappa shape index (κ2) is 10.3. The van der Waals surface area contributed by atoms with Crippen LogP contribution in [0.2, 0.25) is 0 Å². The van der Waals surface area contributed by atoms with Crippen LogP contribution in [0.5, 0.6) is 0 Å². The molecule has 2 aliphatic heterocycles. The van der Waals surface area contributed by atoms with E-state index in [1.807, 2.05) is 60.7 Å². The van der Waals surface area contributed by atoms with Gasteiger partial charge in [0.25, 0.3) is 11.6 Å². The number of nitrogens with one attached hydrogen (secondary N) is 1. The molecule has 1 fully saturated rings. The van der Waals surface area contributed by atoms with Crippen LogP contribution in [-0.2, 0) is 36.9 Å². The molecule has 2 aromatic carbocycles. The lowest BCUT2D eigenvalue weighted by Crippen LogP contribution is -2.80. The smallest absolute Gasteiger partial charge is 0.355 e. The fraction of sp³-hybridized carbons (Fsp3) is 0.292. The first-order chi connectivity index (χ1) is 16.0. The minimum atomic E-state index is -1.52. The van der Waals surface area contributed by atoms with Gasteiger partial charge in [0, 0.05) is 17.3 Å². The number of thioether (sulfide) groups is 1. The van der Waals surface area contributed by atoms with Gasteiger partial charge in [-0.05, 0) is 16.7 Å². The van der Waals surface area contributed by atoms with Crippen molar-refractivity contribution in [3.05, 3.63) is 83.1 Å². The van der Waals surface area contributed by atoms with Crippen LogP contribution in [0.3, 0.4) is 0 Å². The summed E-state index contributed by atoms with van der Waals surface area (Å²) in [6.07, 6.45) is 0.122. The monoisotopic (exact) mass is 578 g/mol. The molecule has 2 aromatic rings. The number of esters is 1. The van der Waals surface area contributed by atoms with Gasteiger partial charge in [0.15, 0.2) is 0 Å². The largest absolute Gasteiger partial charge is 0.456 e. The van der Waals surface area contributed by atoms with E-state index < -0.39 is 23.0 Å². The summed E-state index contributed by atoms with van der Waals surface area (Å²) in [5.74, 6) is -0.817. The molecule has 33 heavy (non-hydrogen) atoms. The molecule has 9 heteroatoms. The van der Waals surface area contributed by atoms with E-state index in [1.165, 1.54) is 23.8 Å². The van der Waals surface area contributed by atoms with Crippen molar-refractivity contribution in [3.8, 4) is 0 Å². The Morgan fingerprint density at radius 1 is 1.12 bits per heavy atom. The van der Waals surface area contributed by atoms with E-state index in [0.29, 0.717) is 10.2 Å².